The first-order valence-corrected chi connectivity index (χ1v) is 10.3. The lowest BCUT2D eigenvalue weighted by atomic mass is 9.77. The number of hydrogen-bond acceptors (Lipinski definition) is 2. The first-order valence-electron chi connectivity index (χ1n) is 10.3. The van der Waals surface area contributed by atoms with E-state index < -0.39 is 0 Å². The molecule has 0 aromatic heterocycles. The Kier molecular flexibility index (Phi) is 4.57. The maximum absolute atomic E-state index is 13.3. The van der Waals surface area contributed by atoms with Gasteiger partial charge in [0, 0.05) is 31.6 Å². The molecule has 134 valence electrons. The second-order valence-corrected chi connectivity index (χ2v) is 8.67. The van der Waals surface area contributed by atoms with Gasteiger partial charge in [0.25, 0.3) is 0 Å². The highest BCUT2D eigenvalue weighted by Gasteiger charge is 2.51. The van der Waals surface area contributed by atoms with E-state index >= 15 is 0 Å². The summed E-state index contributed by atoms with van der Waals surface area (Å²) in [5.41, 5.74) is -0.246. The second-order valence-electron chi connectivity index (χ2n) is 8.67. The van der Waals surface area contributed by atoms with Crippen molar-refractivity contribution in [2.24, 2.45) is 11.3 Å². The second kappa shape index (κ2) is 6.68. The minimum atomic E-state index is -0.246. The molecule has 0 N–H and O–H groups in total. The summed E-state index contributed by atoms with van der Waals surface area (Å²) in [4.78, 5) is 30.3. The largest absolute Gasteiger partial charge is 0.341 e. The lowest BCUT2D eigenvalue weighted by molar-refractivity contribution is -0.149. The Labute approximate surface area is 145 Å². The lowest BCUT2D eigenvalue weighted by Gasteiger charge is -2.44. The molecule has 1 spiro atoms. The van der Waals surface area contributed by atoms with Crippen molar-refractivity contribution in [2.75, 3.05) is 19.6 Å². The lowest BCUT2D eigenvalue weighted by Crippen LogP contribution is -2.54. The van der Waals surface area contributed by atoms with Crippen LogP contribution in [0, 0.1) is 11.3 Å². The first kappa shape index (κ1) is 16.4. The molecule has 4 heteroatoms. The highest BCUT2D eigenvalue weighted by atomic mass is 16.2. The third-order valence-electron chi connectivity index (χ3n) is 7.15. The summed E-state index contributed by atoms with van der Waals surface area (Å²) in [6.07, 6.45) is 13.8. The Hall–Kier alpha value is -1.06. The molecule has 0 aromatic rings. The zero-order valence-electron chi connectivity index (χ0n) is 15.0. The fourth-order valence-corrected chi connectivity index (χ4v) is 5.71. The van der Waals surface area contributed by atoms with Crippen LogP contribution in [0.2, 0.25) is 0 Å². The number of carbonyl (C=O) groups excluding carboxylic acids is 2. The van der Waals surface area contributed by atoms with Gasteiger partial charge >= 0.3 is 0 Å². The van der Waals surface area contributed by atoms with Crippen LogP contribution in [0.3, 0.4) is 0 Å². The van der Waals surface area contributed by atoms with E-state index in [0.29, 0.717) is 24.4 Å². The van der Waals surface area contributed by atoms with Gasteiger partial charge in [-0.25, -0.2) is 0 Å². The van der Waals surface area contributed by atoms with Crippen LogP contribution >= 0.6 is 0 Å². The summed E-state index contributed by atoms with van der Waals surface area (Å²) in [6, 6.07) is 0.475. The van der Waals surface area contributed by atoms with Crippen molar-refractivity contribution in [1.29, 1.82) is 0 Å². The van der Waals surface area contributed by atoms with Crippen LogP contribution in [-0.4, -0.2) is 47.3 Å². The fourth-order valence-electron chi connectivity index (χ4n) is 5.71. The molecule has 4 nitrogen and oxygen atoms in total. The van der Waals surface area contributed by atoms with Crippen molar-refractivity contribution < 1.29 is 9.59 Å². The molecule has 4 fully saturated rings. The average Bonchev–Trinajstić information content (AvgIpc) is 3.29. The molecule has 2 saturated carbocycles. The van der Waals surface area contributed by atoms with Gasteiger partial charge in [-0.05, 0) is 44.9 Å². The van der Waals surface area contributed by atoms with Gasteiger partial charge in [0.1, 0.15) is 0 Å². The number of nitrogens with zero attached hydrogens (tertiary/aromatic N) is 2. The molecule has 0 aromatic carbocycles. The number of likely N-dealkylation sites (tertiary alicyclic amines) is 2. The summed E-state index contributed by atoms with van der Waals surface area (Å²) >= 11 is 0. The number of hydrogen-bond donors (Lipinski definition) is 0. The minimum absolute atomic E-state index is 0.244. The van der Waals surface area contributed by atoms with Gasteiger partial charge in [0.05, 0.1) is 5.41 Å². The van der Waals surface area contributed by atoms with E-state index in [1.807, 2.05) is 4.90 Å². The van der Waals surface area contributed by atoms with E-state index in [0.717, 1.165) is 45.2 Å². The Bertz CT molecular complexity index is 494. The molecule has 2 amide bonds. The smallest absolute Gasteiger partial charge is 0.230 e. The predicted octanol–water partition coefficient (Wildman–Crippen LogP) is 3.35. The third kappa shape index (κ3) is 2.86. The van der Waals surface area contributed by atoms with Crippen molar-refractivity contribution in [3.8, 4) is 0 Å². The minimum Gasteiger partial charge on any atom is -0.341 e. The average molecular weight is 332 g/mol. The topological polar surface area (TPSA) is 40.6 Å². The quantitative estimate of drug-likeness (QED) is 0.778. The zero-order valence-corrected chi connectivity index (χ0v) is 15.0. The molecule has 0 bridgehead atoms. The molecule has 2 heterocycles. The summed E-state index contributed by atoms with van der Waals surface area (Å²) in [7, 11) is 0. The van der Waals surface area contributed by atoms with Crippen LogP contribution in [-0.2, 0) is 9.59 Å². The van der Waals surface area contributed by atoms with Gasteiger partial charge in [-0.1, -0.05) is 32.1 Å². The van der Waals surface area contributed by atoms with Crippen LogP contribution in [0.15, 0.2) is 0 Å². The Morgan fingerprint density at radius 2 is 1.58 bits per heavy atom. The van der Waals surface area contributed by atoms with Gasteiger partial charge in [0.15, 0.2) is 0 Å². The highest BCUT2D eigenvalue weighted by Crippen LogP contribution is 2.43. The fraction of sp³-hybridized carbons (Fsp3) is 0.900. The molecule has 2 aliphatic heterocycles. The van der Waals surface area contributed by atoms with Crippen LogP contribution in [0.1, 0.15) is 77.0 Å². The monoisotopic (exact) mass is 332 g/mol. The highest BCUT2D eigenvalue weighted by molar-refractivity contribution is 5.87. The third-order valence-corrected chi connectivity index (χ3v) is 7.15. The van der Waals surface area contributed by atoms with Crippen LogP contribution < -0.4 is 0 Å². The van der Waals surface area contributed by atoms with Crippen molar-refractivity contribution in [3.05, 3.63) is 0 Å². The molecule has 24 heavy (non-hydrogen) atoms. The SMILES string of the molecule is O=C(C1CCCC1)N1CC[C@]2(CCCN(C3CCCCC3)C2=O)C1. The van der Waals surface area contributed by atoms with Gasteiger partial charge < -0.3 is 9.80 Å². The molecule has 4 rings (SSSR count). The number of piperidine rings is 1. The Balaban J connectivity index is 1.44. The Morgan fingerprint density at radius 3 is 2.33 bits per heavy atom. The van der Waals surface area contributed by atoms with E-state index in [2.05, 4.69) is 4.90 Å². The summed E-state index contributed by atoms with van der Waals surface area (Å²) in [5.74, 6) is 0.961. The normalized spacial score (nSPS) is 32.9. The number of carbonyl (C=O) groups is 2. The molecule has 1 atom stereocenters. The maximum Gasteiger partial charge on any atom is 0.230 e. The van der Waals surface area contributed by atoms with E-state index in [1.54, 1.807) is 0 Å². The van der Waals surface area contributed by atoms with Crippen LogP contribution in [0.25, 0.3) is 0 Å². The zero-order chi connectivity index (χ0) is 16.6. The van der Waals surface area contributed by atoms with Crippen molar-refractivity contribution >= 4 is 11.8 Å². The van der Waals surface area contributed by atoms with Crippen molar-refractivity contribution in [3.63, 3.8) is 0 Å². The Morgan fingerprint density at radius 1 is 0.875 bits per heavy atom. The van der Waals surface area contributed by atoms with Gasteiger partial charge in [0.2, 0.25) is 11.8 Å². The molecular formula is C20H32N2O2. The van der Waals surface area contributed by atoms with Crippen LogP contribution in [0.4, 0.5) is 0 Å². The van der Waals surface area contributed by atoms with E-state index in [1.165, 1.54) is 44.9 Å². The maximum atomic E-state index is 13.3. The summed E-state index contributed by atoms with van der Waals surface area (Å²) < 4.78 is 0. The van der Waals surface area contributed by atoms with Crippen molar-refractivity contribution in [2.45, 2.75) is 83.1 Å². The molecule has 0 unspecified atom stereocenters. The van der Waals surface area contributed by atoms with Crippen molar-refractivity contribution in [1.82, 2.24) is 9.80 Å². The van der Waals surface area contributed by atoms with Gasteiger partial charge in [-0.3, -0.25) is 9.59 Å². The molecular weight excluding hydrogens is 300 g/mol. The van der Waals surface area contributed by atoms with Gasteiger partial charge in [-0.15, -0.1) is 0 Å². The predicted molar refractivity (Wildman–Crippen MR) is 93.4 cm³/mol. The molecule has 0 radical (unpaired) electrons. The summed E-state index contributed by atoms with van der Waals surface area (Å²) in [6.45, 7) is 2.45. The van der Waals surface area contributed by atoms with Crippen LogP contribution in [0.5, 0.6) is 0 Å². The van der Waals surface area contributed by atoms with E-state index in [9.17, 15) is 9.59 Å². The van der Waals surface area contributed by atoms with E-state index in [-0.39, 0.29) is 11.3 Å². The summed E-state index contributed by atoms with van der Waals surface area (Å²) in [5, 5.41) is 0. The van der Waals surface area contributed by atoms with E-state index in [4.69, 9.17) is 0 Å². The molecule has 2 saturated heterocycles. The van der Waals surface area contributed by atoms with Gasteiger partial charge in [-0.2, -0.15) is 0 Å². The molecule has 2 aliphatic carbocycles. The standard InChI is InChI=1S/C20H32N2O2/c23-18(16-7-4-5-8-16)21-14-12-20(15-21)11-6-13-22(19(20)24)17-9-2-1-3-10-17/h16-17H,1-15H2/t20-/m1/s1. The number of rotatable bonds is 2. The number of amides is 2. The first-order chi connectivity index (χ1) is 11.7. The molecule has 4 aliphatic rings.